The lowest BCUT2D eigenvalue weighted by Gasteiger charge is -2.17. The fourth-order valence-electron chi connectivity index (χ4n) is 2.19. The highest BCUT2D eigenvalue weighted by Gasteiger charge is 2.30. The Labute approximate surface area is 119 Å². The van der Waals surface area contributed by atoms with Crippen LogP contribution in [-0.4, -0.2) is 33.7 Å². The molecule has 1 aliphatic heterocycles. The van der Waals surface area contributed by atoms with Crippen LogP contribution in [0.1, 0.15) is 0 Å². The van der Waals surface area contributed by atoms with E-state index in [2.05, 4.69) is 4.72 Å². The summed E-state index contributed by atoms with van der Waals surface area (Å²) in [6.45, 7) is 0.461. The molecule has 9 heteroatoms. The first-order valence-corrected chi connectivity index (χ1v) is 7.48. The number of rotatable bonds is 2. The summed E-state index contributed by atoms with van der Waals surface area (Å²) < 4.78 is 36.9. The Morgan fingerprint density at radius 3 is 2.76 bits per heavy atom. The van der Waals surface area contributed by atoms with Crippen LogP contribution in [0.3, 0.4) is 0 Å². The normalized spacial score (nSPS) is 17.3. The van der Waals surface area contributed by atoms with Gasteiger partial charge in [-0.3, -0.25) is 4.31 Å². The van der Waals surface area contributed by atoms with Crippen LogP contribution in [0, 0.1) is 0 Å². The Hall–Kier alpha value is -2.26. The molecule has 8 nitrogen and oxygen atoms in total. The van der Waals surface area contributed by atoms with Crippen molar-refractivity contribution < 1.29 is 22.7 Å². The topological polar surface area (TPSA) is 109 Å². The maximum absolute atomic E-state index is 11.8. The van der Waals surface area contributed by atoms with Crippen LogP contribution in [0.4, 0.5) is 5.69 Å². The fourth-order valence-corrected chi connectivity index (χ4v) is 3.43. The predicted molar refractivity (Wildman–Crippen MR) is 75.0 cm³/mol. The van der Waals surface area contributed by atoms with E-state index in [0.717, 1.165) is 4.31 Å². The van der Waals surface area contributed by atoms with Crippen LogP contribution in [0.15, 0.2) is 27.4 Å². The number of benzene rings is 1. The van der Waals surface area contributed by atoms with Crippen molar-refractivity contribution in [1.82, 2.24) is 4.72 Å². The van der Waals surface area contributed by atoms with Gasteiger partial charge >= 0.3 is 15.8 Å². The van der Waals surface area contributed by atoms with Crippen LogP contribution < -0.4 is 19.4 Å². The van der Waals surface area contributed by atoms with E-state index in [1.54, 1.807) is 0 Å². The summed E-state index contributed by atoms with van der Waals surface area (Å²) in [5.74, 6) is -0.287. The van der Waals surface area contributed by atoms with Gasteiger partial charge in [0.2, 0.25) is 5.75 Å². The third-order valence-corrected chi connectivity index (χ3v) is 4.70. The number of aromatic hydroxyl groups is 1. The number of anilines is 1. The van der Waals surface area contributed by atoms with E-state index in [1.165, 1.54) is 25.3 Å². The van der Waals surface area contributed by atoms with Gasteiger partial charge in [0, 0.05) is 24.5 Å². The molecule has 0 aliphatic carbocycles. The lowest BCUT2D eigenvalue weighted by molar-refractivity contribution is 0.385. The number of ether oxygens (including phenoxy) is 1. The molecule has 3 rings (SSSR count). The van der Waals surface area contributed by atoms with Crippen molar-refractivity contribution in [3.8, 4) is 11.5 Å². The van der Waals surface area contributed by atoms with Gasteiger partial charge in [-0.2, -0.15) is 13.1 Å². The Balaban J connectivity index is 2.23. The standard InChI is InChI=1S/C12H12N2O6S/c1-19-11-5-7-4-8(14-3-2-13-21(14,17)18)9(15)6-10(7)20-12(11)16/h4-6,13,15H,2-3H2,1H3. The average molecular weight is 312 g/mol. The number of hydrogen-bond acceptors (Lipinski definition) is 6. The van der Waals surface area contributed by atoms with E-state index in [0.29, 0.717) is 5.39 Å². The molecule has 0 spiro atoms. The first kappa shape index (κ1) is 13.7. The van der Waals surface area contributed by atoms with Gasteiger partial charge in [-0.05, 0) is 12.1 Å². The van der Waals surface area contributed by atoms with Gasteiger partial charge in [0.15, 0.2) is 0 Å². The number of phenolic OH excluding ortho intramolecular Hbond substituents is 1. The quantitative estimate of drug-likeness (QED) is 0.765. The molecular formula is C12H12N2O6S. The molecule has 2 heterocycles. The zero-order chi connectivity index (χ0) is 15.2. The second-order valence-corrected chi connectivity index (χ2v) is 6.13. The molecule has 0 saturated carbocycles. The molecule has 0 amide bonds. The van der Waals surface area contributed by atoms with Gasteiger partial charge < -0.3 is 14.3 Å². The molecule has 1 saturated heterocycles. The smallest absolute Gasteiger partial charge is 0.379 e. The lowest BCUT2D eigenvalue weighted by Crippen LogP contribution is -2.29. The number of phenols is 1. The Morgan fingerprint density at radius 2 is 2.14 bits per heavy atom. The van der Waals surface area contributed by atoms with Crippen LogP contribution in [0.25, 0.3) is 11.0 Å². The summed E-state index contributed by atoms with van der Waals surface area (Å²) in [7, 11) is -2.33. The van der Waals surface area contributed by atoms with Gasteiger partial charge in [0.05, 0.1) is 12.8 Å². The number of fused-ring (bicyclic) bond motifs is 1. The summed E-state index contributed by atoms with van der Waals surface area (Å²) in [4.78, 5) is 11.5. The van der Waals surface area contributed by atoms with Gasteiger partial charge in [-0.1, -0.05) is 0 Å². The largest absolute Gasteiger partial charge is 0.506 e. The first-order chi connectivity index (χ1) is 9.92. The highest BCUT2D eigenvalue weighted by molar-refractivity contribution is 7.91. The van der Waals surface area contributed by atoms with E-state index in [1.807, 2.05) is 0 Å². The number of methoxy groups -OCH3 is 1. The zero-order valence-electron chi connectivity index (χ0n) is 11.0. The number of hydrogen-bond donors (Lipinski definition) is 2. The highest BCUT2D eigenvalue weighted by atomic mass is 32.2. The lowest BCUT2D eigenvalue weighted by atomic mass is 10.2. The number of nitrogens with one attached hydrogen (secondary N) is 1. The van der Waals surface area contributed by atoms with Crippen LogP contribution in [0.5, 0.6) is 11.5 Å². The molecule has 1 aromatic carbocycles. The van der Waals surface area contributed by atoms with Gasteiger partial charge in [0.1, 0.15) is 11.3 Å². The van der Waals surface area contributed by atoms with Gasteiger partial charge in [0.25, 0.3) is 0 Å². The van der Waals surface area contributed by atoms with Crippen LogP contribution >= 0.6 is 0 Å². The Morgan fingerprint density at radius 1 is 1.38 bits per heavy atom. The summed E-state index contributed by atoms with van der Waals surface area (Å²) >= 11 is 0. The minimum Gasteiger partial charge on any atom is -0.506 e. The van der Waals surface area contributed by atoms with Gasteiger partial charge in [-0.15, -0.1) is 0 Å². The summed E-state index contributed by atoms with van der Waals surface area (Å²) in [6.07, 6.45) is 0. The average Bonchev–Trinajstić information content (AvgIpc) is 2.77. The summed E-state index contributed by atoms with van der Waals surface area (Å²) in [5, 5.41) is 10.4. The molecular weight excluding hydrogens is 300 g/mol. The summed E-state index contributed by atoms with van der Waals surface area (Å²) in [6, 6.07) is 4.07. The Kier molecular flexibility index (Phi) is 3.03. The van der Waals surface area contributed by atoms with E-state index in [4.69, 9.17) is 9.15 Å². The maximum atomic E-state index is 11.8. The Bertz CT molecular complexity index is 873. The number of nitrogens with zero attached hydrogens (tertiary/aromatic N) is 1. The SMILES string of the molecule is COc1cc2cc(N3CCNS3(=O)=O)c(O)cc2oc1=O. The molecule has 112 valence electrons. The summed E-state index contributed by atoms with van der Waals surface area (Å²) in [5.41, 5.74) is -0.414. The van der Waals surface area contributed by atoms with E-state index >= 15 is 0 Å². The fraction of sp³-hybridized carbons (Fsp3) is 0.250. The monoisotopic (exact) mass is 312 g/mol. The third kappa shape index (κ3) is 2.20. The van der Waals surface area contributed by atoms with Crippen LogP contribution in [0.2, 0.25) is 0 Å². The molecule has 0 atom stereocenters. The van der Waals surface area contributed by atoms with E-state index in [9.17, 15) is 18.3 Å². The highest BCUT2D eigenvalue weighted by Crippen LogP contribution is 2.34. The molecule has 1 aliphatic rings. The molecule has 21 heavy (non-hydrogen) atoms. The molecule has 0 radical (unpaired) electrons. The van der Waals surface area contributed by atoms with Crippen molar-refractivity contribution in [3.05, 3.63) is 28.6 Å². The van der Waals surface area contributed by atoms with Crippen molar-refractivity contribution in [2.75, 3.05) is 24.5 Å². The molecule has 1 fully saturated rings. The van der Waals surface area contributed by atoms with Crippen molar-refractivity contribution >= 4 is 26.9 Å². The van der Waals surface area contributed by atoms with Crippen LogP contribution in [-0.2, 0) is 10.2 Å². The van der Waals surface area contributed by atoms with Crippen molar-refractivity contribution in [1.29, 1.82) is 0 Å². The van der Waals surface area contributed by atoms with Crippen molar-refractivity contribution in [2.45, 2.75) is 0 Å². The second kappa shape index (κ2) is 4.64. The van der Waals surface area contributed by atoms with Crippen molar-refractivity contribution in [2.24, 2.45) is 0 Å². The predicted octanol–water partition coefficient (Wildman–Crippen LogP) is 0.162. The van der Waals surface area contributed by atoms with Gasteiger partial charge in [-0.25, -0.2) is 4.79 Å². The molecule has 2 aromatic rings. The van der Waals surface area contributed by atoms with Crippen molar-refractivity contribution in [3.63, 3.8) is 0 Å². The minimum atomic E-state index is -3.66. The molecule has 0 unspecified atom stereocenters. The van der Waals surface area contributed by atoms with E-state index in [-0.39, 0.29) is 35.9 Å². The molecule has 0 bridgehead atoms. The second-order valence-electron chi connectivity index (χ2n) is 4.45. The molecule has 1 aromatic heterocycles. The molecule has 2 N–H and O–H groups in total. The minimum absolute atomic E-state index is 0.00143. The zero-order valence-corrected chi connectivity index (χ0v) is 11.8. The third-order valence-electron chi connectivity index (χ3n) is 3.18. The first-order valence-electron chi connectivity index (χ1n) is 6.04. The maximum Gasteiger partial charge on any atom is 0.379 e. The van der Waals surface area contributed by atoms with E-state index < -0.39 is 15.8 Å².